The Hall–Kier alpha value is -1.96. The van der Waals surface area contributed by atoms with Crippen molar-refractivity contribution in [3.05, 3.63) is 53.6 Å². The van der Waals surface area contributed by atoms with Gasteiger partial charge in [0.25, 0.3) is 5.22 Å². The number of para-hydroxylation sites is 1. The van der Waals surface area contributed by atoms with Crippen LogP contribution in [0.25, 0.3) is 11.5 Å². The van der Waals surface area contributed by atoms with Gasteiger partial charge in [0.05, 0.1) is 11.4 Å². The highest BCUT2D eigenvalue weighted by atomic mass is 35.5. The van der Waals surface area contributed by atoms with E-state index in [-0.39, 0.29) is 11.7 Å². The summed E-state index contributed by atoms with van der Waals surface area (Å²) in [6.07, 6.45) is 0. The molecule has 0 aliphatic carbocycles. The van der Waals surface area contributed by atoms with E-state index in [2.05, 4.69) is 10.2 Å². The van der Waals surface area contributed by atoms with Crippen molar-refractivity contribution in [3.8, 4) is 11.5 Å². The van der Waals surface area contributed by atoms with Crippen LogP contribution in [-0.4, -0.2) is 34.2 Å². The predicted molar refractivity (Wildman–Crippen MR) is 105 cm³/mol. The molecule has 132 valence electrons. The quantitative estimate of drug-likeness (QED) is 0.592. The second-order valence-corrected chi connectivity index (χ2v) is 8.03. The van der Waals surface area contributed by atoms with Crippen LogP contribution in [0.2, 0.25) is 5.02 Å². The topological polar surface area (TPSA) is 59.2 Å². The molecule has 0 radical (unpaired) electrons. The Kier molecular flexibility index (Phi) is 5.19. The van der Waals surface area contributed by atoms with Gasteiger partial charge in [-0.2, -0.15) is 0 Å². The lowest BCUT2D eigenvalue weighted by Crippen LogP contribution is -2.36. The van der Waals surface area contributed by atoms with Crippen molar-refractivity contribution in [2.45, 2.75) is 10.1 Å². The smallest absolute Gasteiger partial charge is 0.277 e. The van der Waals surface area contributed by atoms with Crippen LogP contribution in [0.3, 0.4) is 0 Å². The van der Waals surface area contributed by atoms with Crippen LogP contribution in [0.4, 0.5) is 5.69 Å². The molecule has 0 N–H and O–H groups in total. The van der Waals surface area contributed by atoms with Gasteiger partial charge < -0.3 is 9.32 Å². The number of halogens is 1. The standard InChI is InChI=1S/C18H14ClN3O2S2/c19-13-7-5-12(6-8-13)17-20-21-18(24-17)26-11-16(23)22-9-10-25-15-4-2-1-3-14(15)22/h1-8H,9-11H2. The van der Waals surface area contributed by atoms with Gasteiger partial charge >= 0.3 is 0 Å². The number of amides is 1. The van der Waals surface area contributed by atoms with E-state index >= 15 is 0 Å². The Morgan fingerprint density at radius 3 is 2.85 bits per heavy atom. The van der Waals surface area contributed by atoms with Crippen molar-refractivity contribution in [3.63, 3.8) is 0 Å². The predicted octanol–water partition coefficient (Wildman–Crippen LogP) is 4.62. The van der Waals surface area contributed by atoms with E-state index in [9.17, 15) is 4.79 Å². The van der Waals surface area contributed by atoms with Crippen LogP contribution >= 0.6 is 35.1 Å². The molecule has 1 aliphatic heterocycles. The van der Waals surface area contributed by atoms with Gasteiger partial charge in [0.15, 0.2) is 0 Å². The van der Waals surface area contributed by atoms with Gasteiger partial charge in [-0.1, -0.05) is 35.5 Å². The molecule has 3 aromatic rings. The minimum absolute atomic E-state index is 0.0361. The lowest BCUT2D eigenvalue weighted by atomic mass is 10.2. The van der Waals surface area contributed by atoms with Gasteiger partial charge in [-0.15, -0.1) is 22.0 Å². The molecule has 1 amide bonds. The molecule has 0 saturated carbocycles. The number of benzene rings is 2. The van der Waals surface area contributed by atoms with Crippen LogP contribution in [0.1, 0.15) is 0 Å². The average Bonchev–Trinajstić information content (AvgIpc) is 3.15. The van der Waals surface area contributed by atoms with Gasteiger partial charge in [0.2, 0.25) is 11.8 Å². The van der Waals surface area contributed by atoms with E-state index in [1.54, 1.807) is 23.9 Å². The van der Waals surface area contributed by atoms with Crippen LogP contribution in [0, 0.1) is 0 Å². The fraction of sp³-hybridized carbons (Fsp3) is 0.167. The van der Waals surface area contributed by atoms with E-state index in [0.717, 1.165) is 21.9 Å². The minimum Gasteiger partial charge on any atom is -0.411 e. The summed E-state index contributed by atoms with van der Waals surface area (Å²) in [7, 11) is 0. The molecule has 1 aromatic heterocycles. The van der Waals surface area contributed by atoms with Crippen molar-refractivity contribution in [1.82, 2.24) is 10.2 Å². The normalized spacial score (nSPS) is 13.5. The number of carbonyl (C=O) groups is 1. The molecule has 0 saturated heterocycles. The molecule has 5 nitrogen and oxygen atoms in total. The fourth-order valence-corrected chi connectivity index (χ4v) is 4.37. The summed E-state index contributed by atoms with van der Waals surface area (Å²) in [4.78, 5) is 15.6. The lowest BCUT2D eigenvalue weighted by molar-refractivity contribution is -0.116. The second kappa shape index (κ2) is 7.73. The summed E-state index contributed by atoms with van der Waals surface area (Å²) < 4.78 is 5.64. The van der Waals surface area contributed by atoms with Gasteiger partial charge in [-0.05, 0) is 36.4 Å². The van der Waals surface area contributed by atoms with Crippen molar-refractivity contribution < 1.29 is 9.21 Å². The number of hydrogen-bond donors (Lipinski definition) is 0. The molecule has 26 heavy (non-hydrogen) atoms. The molecular formula is C18H14ClN3O2S2. The average molecular weight is 404 g/mol. The minimum atomic E-state index is 0.0361. The van der Waals surface area contributed by atoms with E-state index < -0.39 is 0 Å². The summed E-state index contributed by atoms with van der Waals surface area (Å²) in [5.41, 5.74) is 1.77. The number of hydrogen-bond acceptors (Lipinski definition) is 6. The van der Waals surface area contributed by atoms with Crippen LogP contribution in [0.5, 0.6) is 0 Å². The molecule has 8 heteroatoms. The first-order chi connectivity index (χ1) is 12.7. The second-order valence-electron chi connectivity index (χ2n) is 5.53. The summed E-state index contributed by atoms with van der Waals surface area (Å²) in [5, 5.41) is 9.07. The third-order valence-electron chi connectivity index (χ3n) is 3.85. The maximum absolute atomic E-state index is 12.6. The van der Waals surface area contributed by atoms with Crippen molar-refractivity contribution in [2.24, 2.45) is 0 Å². The first kappa shape index (κ1) is 17.5. The summed E-state index contributed by atoms with van der Waals surface area (Å²) >= 11 is 8.91. The number of aromatic nitrogens is 2. The van der Waals surface area contributed by atoms with Gasteiger partial charge in [0.1, 0.15) is 0 Å². The number of thioether (sulfide) groups is 2. The summed E-state index contributed by atoms with van der Waals surface area (Å²) in [6, 6.07) is 15.1. The van der Waals surface area contributed by atoms with Crippen LogP contribution in [0.15, 0.2) is 63.1 Å². The van der Waals surface area contributed by atoms with E-state index in [0.29, 0.717) is 22.7 Å². The summed E-state index contributed by atoms with van der Waals surface area (Å²) in [6.45, 7) is 0.709. The van der Waals surface area contributed by atoms with E-state index in [4.69, 9.17) is 16.0 Å². The lowest BCUT2D eigenvalue weighted by Gasteiger charge is -2.28. The highest BCUT2D eigenvalue weighted by molar-refractivity contribution is 8.00. The Balaban J connectivity index is 1.42. The molecule has 4 rings (SSSR count). The molecule has 0 unspecified atom stereocenters. The highest BCUT2D eigenvalue weighted by Crippen LogP contribution is 2.35. The maximum atomic E-state index is 12.6. The SMILES string of the molecule is O=C(CSc1nnc(-c2ccc(Cl)cc2)o1)N1CCSc2ccccc21. The third kappa shape index (κ3) is 3.75. The highest BCUT2D eigenvalue weighted by Gasteiger charge is 2.23. The van der Waals surface area contributed by atoms with Gasteiger partial charge in [-0.3, -0.25) is 4.79 Å². The Morgan fingerprint density at radius 1 is 1.19 bits per heavy atom. The van der Waals surface area contributed by atoms with Crippen molar-refractivity contribution >= 4 is 46.7 Å². The fourth-order valence-electron chi connectivity index (χ4n) is 2.61. The molecule has 0 fully saturated rings. The zero-order chi connectivity index (χ0) is 17.9. The maximum Gasteiger partial charge on any atom is 0.277 e. The molecule has 2 heterocycles. The zero-order valence-electron chi connectivity index (χ0n) is 13.6. The Bertz CT molecular complexity index is 930. The first-order valence-corrected chi connectivity index (χ1v) is 10.3. The number of anilines is 1. The number of fused-ring (bicyclic) bond motifs is 1. The monoisotopic (exact) mass is 403 g/mol. The third-order valence-corrected chi connectivity index (χ3v) is 5.94. The van der Waals surface area contributed by atoms with E-state index in [1.807, 2.05) is 41.3 Å². The van der Waals surface area contributed by atoms with E-state index in [1.165, 1.54) is 11.8 Å². The van der Waals surface area contributed by atoms with Gasteiger partial charge in [-0.25, -0.2) is 0 Å². The van der Waals surface area contributed by atoms with Gasteiger partial charge in [0, 0.05) is 27.8 Å². The Labute approximate surface area is 164 Å². The molecule has 0 spiro atoms. The van der Waals surface area contributed by atoms with Crippen LogP contribution in [-0.2, 0) is 4.79 Å². The molecule has 0 bridgehead atoms. The van der Waals surface area contributed by atoms with Crippen molar-refractivity contribution in [1.29, 1.82) is 0 Å². The number of carbonyl (C=O) groups excluding carboxylic acids is 1. The summed E-state index contributed by atoms with van der Waals surface area (Å²) in [5.74, 6) is 1.60. The zero-order valence-corrected chi connectivity index (χ0v) is 16.0. The van der Waals surface area contributed by atoms with Crippen molar-refractivity contribution in [2.75, 3.05) is 23.0 Å². The molecule has 1 aliphatic rings. The Morgan fingerprint density at radius 2 is 2.00 bits per heavy atom. The van der Waals surface area contributed by atoms with Crippen LogP contribution < -0.4 is 4.90 Å². The first-order valence-electron chi connectivity index (χ1n) is 7.95. The molecule has 2 aromatic carbocycles. The molecular weight excluding hydrogens is 390 g/mol. The number of nitrogens with zero attached hydrogens (tertiary/aromatic N) is 3. The molecule has 0 atom stereocenters. The number of rotatable bonds is 4. The largest absolute Gasteiger partial charge is 0.411 e.